The lowest BCUT2D eigenvalue weighted by atomic mass is 10.2. The van der Waals surface area contributed by atoms with E-state index in [-0.39, 0.29) is 12.5 Å². The second-order valence-corrected chi connectivity index (χ2v) is 6.31. The van der Waals surface area contributed by atoms with Crippen molar-refractivity contribution in [2.45, 2.75) is 20.0 Å². The van der Waals surface area contributed by atoms with E-state index in [1.807, 2.05) is 6.92 Å². The first-order chi connectivity index (χ1) is 11.9. The fraction of sp³-hybridized carbons (Fsp3) is 0.188. The van der Waals surface area contributed by atoms with Gasteiger partial charge in [0.25, 0.3) is 0 Å². The van der Waals surface area contributed by atoms with Gasteiger partial charge >= 0.3 is 0 Å². The van der Waals surface area contributed by atoms with Crippen LogP contribution in [0.5, 0.6) is 0 Å². The molecule has 130 valence electrons. The van der Waals surface area contributed by atoms with Crippen LogP contribution in [-0.4, -0.2) is 25.5 Å². The zero-order valence-electron chi connectivity index (χ0n) is 13.2. The first-order valence-electron chi connectivity index (χ1n) is 7.37. The quantitative estimate of drug-likeness (QED) is 0.735. The Kier molecular flexibility index (Phi) is 5.06. The molecule has 1 amide bonds. The third-order valence-corrected chi connectivity index (χ3v) is 4.04. The highest BCUT2D eigenvalue weighted by Gasteiger charge is 2.11. The van der Waals surface area contributed by atoms with E-state index in [1.165, 1.54) is 23.0 Å². The summed E-state index contributed by atoms with van der Waals surface area (Å²) in [6, 6.07) is 5.95. The van der Waals surface area contributed by atoms with Crippen molar-refractivity contribution in [1.29, 1.82) is 0 Å². The molecular weight excluding hydrogens is 368 g/mol. The number of nitrogens with zero attached hydrogens (tertiary/aromatic N) is 4. The second kappa shape index (κ2) is 7.25. The average Bonchev–Trinajstić information content (AvgIpc) is 3.08. The number of rotatable bonds is 5. The van der Waals surface area contributed by atoms with Gasteiger partial charge in [-0.25, -0.2) is 4.39 Å². The predicted octanol–water partition coefficient (Wildman–Crippen LogP) is 3.52. The molecule has 0 fully saturated rings. The Morgan fingerprint density at radius 3 is 2.80 bits per heavy atom. The third kappa shape index (κ3) is 4.37. The van der Waals surface area contributed by atoms with Gasteiger partial charge in [0, 0.05) is 23.0 Å². The average molecular weight is 382 g/mol. The Morgan fingerprint density at radius 1 is 1.32 bits per heavy atom. The van der Waals surface area contributed by atoms with Gasteiger partial charge in [0.05, 0.1) is 17.8 Å². The number of halogens is 3. The smallest absolute Gasteiger partial charge is 0.247 e. The van der Waals surface area contributed by atoms with Gasteiger partial charge in [-0.1, -0.05) is 29.3 Å². The molecule has 0 unspecified atom stereocenters. The van der Waals surface area contributed by atoms with Gasteiger partial charge in [-0.05, 0) is 24.6 Å². The molecule has 1 aromatic carbocycles. The Balaban J connectivity index is 1.68. The van der Waals surface area contributed by atoms with Crippen molar-refractivity contribution in [3.63, 3.8) is 0 Å². The van der Waals surface area contributed by atoms with Gasteiger partial charge in [0.15, 0.2) is 5.82 Å². The molecule has 0 aliphatic rings. The zero-order chi connectivity index (χ0) is 18.0. The highest BCUT2D eigenvalue weighted by atomic mass is 35.5. The molecule has 0 aliphatic heterocycles. The molecule has 0 saturated heterocycles. The van der Waals surface area contributed by atoms with E-state index in [1.54, 1.807) is 23.0 Å². The number of anilines is 1. The Labute approximate surface area is 153 Å². The molecule has 1 N–H and O–H groups in total. The summed E-state index contributed by atoms with van der Waals surface area (Å²) in [5.41, 5.74) is 1.57. The molecule has 3 rings (SSSR count). The highest BCUT2D eigenvalue weighted by molar-refractivity contribution is 6.31. The summed E-state index contributed by atoms with van der Waals surface area (Å²) in [6.45, 7) is 2.26. The van der Waals surface area contributed by atoms with Gasteiger partial charge in [-0.15, -0.1) is 0 Å². The van der Waals surface area contributed by atoms with Crippen LogP contribution in [0.1, 0.15) is 11.3 Å². The number of nitrogens with one attached hydrogen (secondary N) is 1. The van der Waals surface area contributed by atoms with Crippen LogP contribution in [0.3, 0.4) is 0 Å². The van der Waals surface area contributed by atoms with Gasteiger partial charge < -0.3 is 5.32 Å². The molecule has 0 atom stereocenters. The molecule has 0 radical (unpaired) electrons. The number of aromatic nitrogens is 4. The first kappa shape index (κ1) is 17.4. The summed E-state index contributed by atoms with van der Waals surface area (Å²) >= 11 is 11.8. The normalized spacial score (nSPS) is 10.9. The van der Waals surface area contributed by atoms with Crippen LogP contribution < -0.4 is 5.32 Å². The maximum Gasteiger partial charge on any atom is 0.247 e. The lowest BCUT2D eigenvalue weighted by molar-refractivity contribution is -0.116. The van der Waals surface area contributed by atoms with Crippen LogP contribution in [-0.2, 0) is 17.9 Å². The highest BCUT2D eigenvalue weighted by Crippen LogP contribution is 2.19. The van der Waals surface area contributed by atoms with Crippen molar-refractivity contribution in [1.82, 2.24) is 19.6 Å². The maximum absolute atomic E-state index is 13.1. The number of carbonyl (C=O) groups excluding carboxylic acids is 1. The predicted molar refractivity (Wildman–Crippen MR) is 93.3 cm³/mol. The summed E-state index contributed by atoms with van der Waals surface area (Å²) in [4.78, 5) is 12.0. The Bertz CT molecular complexity index is 921. The zero-order valence-corrected chi connectivity index (χ0v) is 14.7. The van der Waals surface area contributed by atoms with Crippen LogP contribution in [0, 0.1) is 12.7 Å². The van der Waals surface area contributed by atoms with Crippen molar-refractivity contribution in [3.05, 3.63) is 63.8 Å². The van der Waals surface area contributed by atoms with Crippen molar-refractivity contribution in [3.8, 4) is 0 Å². The van der Waals surface area contributed by atoms with Gasteiger partial charge in [0.1, 0.15) is 12.4 Å². The summed E-state index contributed by atoms with van der Waals surface area (Å²) in [7, 11) is 0. The van der Waals surface area contributed by atoms with E-state index in [0.717, 1.165) is 11.3 Å². The standard InChI is InChI=1S/C16H14Cl2FN5O/c1-10-4-15(21-16(25)9-23-8-12(17)6-20-23)22-24(10)7-11-2-3-13(19)5-14(11)18/h2-6,8H,7,9H2,1H3,(H,21,22,25). The Morgan fingerprint density at radius 2 is 2.12 bits per heavy atom. The van der Waals surface area contributed by atoms with E-state index in [9.17, 15) is 9.18 Å². The molecule has 6 nitrogen and oxygen atoms in total. The van der Waals surface area contributed by atoms with Crippen molar-refractivity contribution in [2.75, 3.05) is 5.32 Å². The minimum Gasteiger partial charge on any atom is -0.308 e. The fourth-order valence-electron chi connectivity index (χ4n) is 2.30. The summed E-state index contributed by atoms with van der Waals surface area (Å²) in [5.74, 6) is -0.249. The minimum absolute atomic E-state index is 0.0302. The van der Waals surface area contributed by atoms with E-state index < -0.39 is 5.82 Å². The SMILES string of the molecule is Cc1cc(NC(=O)Cn2cc(Cl)cn2)nn1Cc1ccc(F)cc1Cl. The third-order valence-electron chi connectivity index (χ3n) is 3.49. The summed E-state index contributed by atoms with van der Waals surface area (Å²) in [5, 5.41) is 11.8. The van der Waals surface area contributed by atoms with Crippen LogP contribution in [0.2, 0.25) is 10.0 Å². The van der Waals surface area contributed by atoms with Gasteiger partial charge in [-0.2, -0.15) is 10.2 Å². The van der Waals surface area contributed by atoms with Crippen molar-refractivity contribution < 1.29 is 9.18 Å². The first-order valence-corrected chi connectivity index (χ1v) is 8.12. The topological polar surface area (TPSA) is 64.7 Å². The Hall–Kier alpha value is -2.38. The van der Waals surface area contributed by atoms with Crippen molar-refractivity contribution in [2.24, 2.45) is 0 Å². The number of benzene rings is 1. The molecule has 0 bridgehead atoms. The number of carbonyl (C=O) groups is 1. The molecule has 2 heterocycles. The van der Waals surface area contributed by atoms with Gasteiger partial charge in [0.2, 0.25) is 5.91 Å². The lowest BCUT2D eigenvalue weighted by Crippen LogP contribution is -2.19. The molecule has 0 saturated carbocycles. The lowest BCUT2D eigenvalue weighted by Gasteiger charge is -2.07. The summed E-state index contributed by atoms with van der Waals surface area (Å²) < 4.78 is 16.2. The van der Waals surface area contributed by atoms with Crippen LogP contribution in [0.25, 0.3) is 0 Å². The van der Waals surface area contributed by atoms with E-state index in [4.69, 9.17) is 23.2 Å². The molecule has 25 heavy (non-hydrogen) atoms. The number of hydrogen-bond acceptors (Lipinski definition) is 3. The number of hydrogen-bond donors (Lipinski definition) is 1. The fourth-order valence-corrected chi connectivity index (χ4v) is 2.68. The van der Waals surface area contributed by atoms with E-state index in [0.29, 0.717) is 22.4 Å². The molecule has 0 aliphatic carbocycles. The van der Waals surface area contributed by atoms with Crippen LogP contribution in [0.4, 0.5) is 10.2 Å². The van der Waals surface area contributed by atoms with E-state index >= 15 is 0 Å². The molecule has 2 aromatic heterocycles. The van der Waals surface area contributed by atoms with Gasteiger partial charge in [-0.3, -0.25) is 14.2 Å². The van der Waals surface area contributed by atoms with Crippen LogP contribution >= 0.6 is 23.2 Å². The molecule has 9 heteroatoms. The number of aryl methyl sites for hydroxylation is 1. The second-order valence-electron chi connectivity index (χ2n) is 5.47. The largest absolute Gasteiger partial charge is 0.308 e. The maximum atomic E-state index is 13.1. The summed E-state index contributed by atoms with van der Waals surface area (Å²) in [6.07, 6.45) is 3.02. The monoisotopic (exact) mass is 381 g/mol. The van der Waals surface area contributed by atoms with Crippen molar-refractivity contribution >= 4 is 34.9 Å². The van der Waals surface area contributed by atoms with E-state index in [2.05, 4.69) is 15.5 Å². The number of amides is 1. The van der Waals surface area contributed by atoms with Crippen LogP contribution in [0.15, 0.2) is 36.7 Å². The minimum atomic E-state index is -0.391. The molecular formula is C16H14Cl2FN5O. The molecule has 3 aromatic rings. The molecule has 0 spiro atoms.